The van der Waals surface area contributed by atoms with Gasteiger partial charge in [0.05, 0.1) is 6.20 Å². The average Bonchev–Trinajstić information content (AvgIpc) is 2.64. The monoisotopic (exact) mass is 265 g/mol. The summed E-state index contributed by atoms with van der Waals surface area (Å²) < 4.78 is 2.23. The van der Waals surface area contributed by atoms with Gasteiger partial charge in [-0.3, -0.25) is 4.79 Å². The van der Waals surface area contributed by atoms with Crippen molar-refractivity contribution in [1.82, 2.24) is 15.0 Å². The molecular formula is C10H8BrN3O. The van der Waals surface area contributed by atoms with E-state index >= 15 is 0 Å². The predicted molar refractivity (Wildman–Crippen MR) is 58.6 cm³/mol. The number of halogens is 1. The summed E-state index contributed by atoms with van der Waals surface area (Å²) in [5, 5.41) is 7.40. The van der Waals surface area contributed by atoms with Crippen LogP contribution in [0.1, 0.15) is 16.1 Å². The molecule has 0 aliphatic rings. The van der Waals surface area contributed by atoms with Gasteiger partial charge < -0.3 is 0 Å². The molecule has 0 amide bonds. The molecule has 15 heavy (non-hydrogen) atoms. The Hall–Kier alpha value is -1.49. The molecule has 2 rings (SSSR count). The molecule has 4 nitrogen and oxygen atoms in total. The molecule has 0 spiro atoms. The molecule has 0 aliphatic heterocycles. The summed E-state index contributed by atoms with van der Waals surface area (Å²) in [6, 6.07) is 7.28. The molecule has 0 N–H and O–H groups in total. The van der Waals surface area contributed by atoms with Gasteiger partial charge in [0.1, 0.15) is 5.69 Å². The lowest BCUT2D eigenvalue weighted by molar-refractivity contribution is 0.102. The maximum atomic E-state index is 12.0. The van der Waals surface area contributed by atoms with E-state index in [1.165, 1.54) is 10.9 Å². The van der Waals surface area contributed by atoms with Gasteiger partial charge in [-0.25, -0.2) is 4.68 Å². The molecule has 0 radical (unpaired) electrons. The smallest absolute Gasteiger partial charge is 0.213 e. The quantitative estimate of drug-likeness (QED) is 0.779. The van der Waals surface area contributed by atoms with E-state index in [2.05, 4.69) is 26.2 Å². The Morgan fingerprint density at radius 1 is 1.40 bits per heavy atom. The van der Waals surface area contributed by atoms with E-state index in [1.807, 2.05) is 18.2 Å². The van der Waals surface area contributed by atoms with Gasteiger partial charge in [-0.2, -0.15) is 0 Å². The third-order valence-corrected chi connectivity index (χ3v) is 2.76. The van der Waals surface area contributed by atoms with Crippen LogP contribution >= 0.6 is 15.9 Å². The summed E-state index contributed by atoms with van der Waals surface area (Å²) in [5.74, 6) is -0.0880. The zero-order valence-corrected chi connectivity index (χ0v) is 9.60. The molecule has 1 aromatic carbocycles. The maximum Gasteiger partial charge on any atom is 0.213 e. The standard InChI is InChI=1S/C10H8BrN3O/c1-14-9(6-12-13-14)10(15)7-4-2-3-5-8(7)11/h2-6H,1H3. The zero-order valence-electron chi connectivity index (χ0n) is 8.01. The number of carbonyl (C=O) groups excluding carboxylic acids is 1. The minimum Gasteiger partial charge on any atom is -0.287 e. The van der Waals surface area contributed by atoms with Crippen molar-refractivity contribution in [3.8, 4) is 0 Å². The molecule has 5 heteroatoms. The van der Waals surface area contributed by atoms with Crippen LogP contribution < -0.4 is 0 Å². The third kappa shape index (κ3) is 1.83. The summed E-state index contributed by atoms with van der Waals surface area (Å²) >= 11 is 3.34. The van der Waals surface area contributed by atoms with Crippen molar-refractivity contribution in [3.05, 3.63) is 46.2 Å². The van der Waals surface area contributed by atoms with Crippen LogP contribution in [-0.2, 0) is 7.05 Å². The van der Waals surface area contributed by atoms with E-state index in [0.29, 0.717) is 11.3 Å². The van der Waals surface area contributed by atoms with E-state index in [9.17, 15) is 4.79 Å². The van der Waals surface area contributed by atoms with Crippen LogP contribution in [0.25, 0.3) is 0 Å². The molecule has 0 bridgehead atoms. The predicted octanol–water partition coefficient (Wildman–Crippen LogP) is 1.81. The second kappa shape index (κ2) is 3.94. The van der Waals surface area contributed by atoms with Crippen molar-refractivity contribution < 1.29 is 4.79 Å². The van der Waals surface area contributed by atoms with Crippen molar-refractivity contribution in [2.45, 2.75) is 0 Å². The van der Waals surface area contributed by atoms with Gasteiger partial charge in [0.25, 0.3) is 0 Å². The minimum absolute atomic E-state index is 0.0880. The van der Waals surface area contributed by atoms with Gasteiger partial charge in [0.2, 0.25) is 5.78 Å². The second-order valence-corrected chi connectivity index (χ2v) is 3.91. The molecule has 1 heterocycles. The summed E-state index contributed by atoms with van der Waals surface area (Å²) in [4.78, 5) is 12.0. The molecule has 0 aliphatic carbocycles. The van der Waals surface area contributed by atoms with Crippen LogP contribution in [0.5, 0.6) is 0 Å². The summed E-state index contributed by atoms with van der Waals surface area (Å²) in [6.07, 6.45) is 1.46. The lowest BCUT2D eigenvalue weighted by atomic mass is 10.1. The van der Waals surface area contributed by atoms with Crippen LogP contribution in [0.4, 0.5) is 0 Å². The lowest BCUT2D eigenvalue weighted by Gasteiger charge is -2.02. The Morgan fingerprint density at radius 2 is 2.13 bits per heavy atom. The van der Waals surface area contributed by atoms with Crippen LogP contribution in [0.2, 0.25) is 0 Å². The van der Waals surface area contributed by atoms with Crippen molar-refractivity contribution in [3.63, 3.8) is 0 Å². The fraction of sp³-hybridized carbons (Fsp3) is 0.100. The summed E-state index contributed by atoms with van der Waals surface area (Å²) in [6.45, 7) is 0. The first-order valence-electron chi connectivity index (χ1n) is 4.34. The Labute approximate surface area is 95.0 Å². The zero-order chi connectivity index (χ0) is 10.8. The molecule has 0 fully saturated rings. The molecular weight excluding hydrogens is 258 g/mol. The van der Waals surface area contributed by atoms with Gasteiger partial charge in [-0.15, -0.1) is 5.10 Å². The number of rotatable bonds is 2. The Balaban J connectivity index is 2.46. The first kappa shape index (κ1) is 10.0. The molecule has 0 saturated carbocycles. The number of hydrogen-bond acceptors (Lipinski definition) is 3. The normalized spacial score (nSPS) is 10.3. The second-order valence-electron chi connectivity index (χ2n) is 3.05. The van der Waals surface area contributed by atoms with Crippen LogP contribution in [0, 0.1) is 0 Å². The number of benzene rings is 1. The van der Waals surface area contributed by atoms with Crippen molar-refractivity contribution in [2.24, 2.45) is 7.05 Å². The van der Waals surface area contributed by atoms with E-state index in [1.54, 1.807) is 13.1 Å². The summed E-state index contributed by atoms with van der Waals surface area (Å²) in [5.41, 5.74) is 1.09. The number of aromatic nitrogens is 3. The van der Waals surface area contributed by atoms with Crippen molar-refractivity contribution in [2.75, 3.05) is 0 Å². The fourth-order valence-corrected chi connectivity index (χ4v) is 1.74. The van der Waals surface area contributed by atoms with Gasteiger partial charge in [0.15, 0.2) is 0 Å². The topological polar surface area (TPSA) is 47.8 Å². The number of nitrogens with zero attached hydrogens (tertiary/aromatic N) is 3. The SMILES string of the molecule is Cn1nncc1C(=O)c1ccccc1Br. The molecule has 0 unspecified atom stereocenters. The number of hydrogen-bond donors (Lipinski definition) is 0. The van der Waals surface area contributed by atoms with Crippen molar-refractivity contribution >= 4 is 21.7 Å². The Morgan fingerprint density at radius 3 is 2.73 bits per heavy atom. The molecule has 2 aromatic rings. The maximum absolute atomic E-state index is 12.0. The highest BCUT2D eigenvalue weighted by Gasteiger charge is 2.15. The van der Waals surface area contributed by atoms with Crippen LogP contribution in [0.15, 0.2) is 34.9 Å². The van der Waals surface area contributed by atoms with Crippen molar-refractivity contribution in [1.29, 1.82) is 0 Å². The highest BCUT2D eigenvalue weighted by Crippen LogP contribution is 2.18. The molecule has 76 valence electrons. The Bertz CT molecular complexity index is 507. The largest absolute Gasteiger partial charge is 0.287 e. The average molecular weight is 266 g/mol. The van der Waals surface area contributed by atoms with Gasteiger partial charge in [-0.1, -0.05) is 33.3 Å². The molecule has 0 atom stereocenters. The Kier molecular flexibility index (Phi) is 2.64. The van der Waals surface area contributed by atoms with Gasteiger partial charge in [-0.05, 0) is 12.1 Å². The fourth-order valence-electron chi connectivity index (χ4n) is 1.28. The highest BCUT2D eigenvalue weighted by molar-refractivity contribution is 9.10. The van der Waals surface area contributed by atoms with Gasteiger partial charge >= 0.3 is 0 Å². The number of aryl methyl sites for hydroxylation is 1. The minimum atomic E-state index is -0.0880. The first-order chi connectivity index (χ1) is 7.20. The van der Waals surface area contributed by atoms with Crippen LogP contribution in [-0.4, -0.2) is 20.8 Å². The lowest BCUT2D eigenvalue weighted by Crippen LogP contribution is -2.08. The van der Waals surface area contributed by atoms with Crippen LogP contribution in [0.3, 0.4) is 0 Å². The molecule has 1 aromatic heterocycles. The van der Waals surface area contributed by atoms with E-state index in [4.69, 9.17) is 0 Å². The number of ketones is 1. The first-order valence-corrected chi connectivity index (χ1v) is 5.13. The highest BCUT2D eigenvalue weighted by atomic mass is 79.9. The van der Waals surface area contributed by atoms with E-state index in [-0.39, 0.29) is 5.78 Å². The molecule has 0 saturated heterocycles. The third-order valence-electron chi connectivity index (χ3n) is 2.07. The van der Waals surface area contributed by atoms with E-state index < -0.39 is 0 Å². The number of carbonyl (C=O) groups is 1. The summed E-state index contributed by atoms with van der Waals surface area (Å²) in [7, 11) is 1.69. The van der Waals surface area contributed by atoms with Gasteiger partial charge in [0, 0.05) is 17.1 Å². The van der Waals surface area contributed by atoms with E-state index in [0.717, 1.165) is 4.47 Å².